The van der Waals surface area contributed by atoms with Gasteiger partial charge in [0.2, 0.25) is 0 Å². The maximum atomic E-state index is 13.4. The van der Waals surface area contributed by atoms with E-state index >= 15 is 0 Å². The number of ether oxygens (including phenoxy) is 1. The summed E-state index contributed by atoms with van der Waals surface area (Å²) >= 11 is 5.86. The number of hydrogen-bond donors (Lipinski definition) is 1. The molecule has 1 N–H and O–H groups in total. The Morgan fingerprint density at radius 2 is 1.84 bits per heavy atom. The molecule has 100 valence electrons. The van der Waals surface area contributed by atoms with E-state index in [4.69, 9.17) is 16.3 Å². The summed E-state index contributed by atoms with van der Waals surface area (Å²) < 4.78 is 18.8. The highest BCUT2D eigenvalue weighted by atomic mass is 35.5. The summed E-state index contributed by atoms with van der Waals surface area (Å²) in [5.41, 5.74) is 1.06. The molecule has 0 bridgehead atoms. The molecule has 0 spiro atoms. The van der Waals surface area contributed by atoms with Gasteiger partial charge in [-0.2, -0.15) is 0 Å². The van der Waals surface area contributed by atoms with Crippen LogP contribution in [-0.4, -0.2) is 13.2 Å². The average Bonchev–Trinajstić information content (AvgIpc) is 2.42. The van der Waals surface area contributed by atoms with Gasteiger partial charge in [0.15, 0.2) is 11.6 Å². The normalized spacial score (nSPS) is 10.2. The fourth-order valence-corrected chi connectivity index (χ4v) is 1.87. The second-order valence-corrected chi connectivity index (χ2v) is 4.45. The number of halogens is 2. The monoisotopic (exact) mass is 279 g/mol. The molecule has 0 unspecified atom stereocenters. The van der Waals surface area contributed by atoms with Crippen molar-refractivity contribution < 1.29 is 9.13 Å². The lowest BCUT2D eigenvalue weighted by atomic mass is 10.3. The minimum absolute atomic E-state index is 0.129. The minimum Gasteiger partial charge on any atom is -0.489 e. The van der Waals surface area contributed by atoms with Crippen LogP contribution in [-0.2, 0) is 0 Å². The molecule has 0 aliphatic rings. The highest BCUT2D eigenvalue weighted by Gasteiger charge is 2.07. The smallest absolute Gasteiger partial charge is 0.173 e. The first-order chi connectivity index (χ1) is 9.27. The second-order valence-electron chi connectivity index (χ2n) is 4.05. The van der Waals surface area contributed by atoms with Crippen LogP contribution in [0.4, 0.5) is 10.1 Å². The van der Waals surface area contributed by atoms with E-state index in [-0.39, 0.29) is 5.75 Å². The molecule has 0 aliphatic heterocycles. The summed E-state index contributed by atoms with van der Waals surface area (Å²) in [6, 6.07) is 14.4. The van der Waals surface area contributed by atoms with Crippen molar-refractivity contribution in [1.82, 2.24) is 0 Å². The number of hydrogen-bond acceptors (Lipinski definition) is 2. The van der Waals surface area contributed by atoms with Gasteiger partial charge in [0.1, 0.15) is 0 Å². The standard InChI is InChI=1S/C15H15ClFNO/c16-13-8-4-9-14(17)15(13)19-11-5-10-18-12-6-2-1-3-7-12/h1-4,6-9,18H,5,10-11H2. The van der Waals surface area contributed by atoms with Gasteiger partial charge in [0.25, 0.3) is 0 Å². The maximum Gasteiger partial charge on any atom is 0.173 e. The molecular weight excluding hydrogens is 265 g/mol. The Balaban J connectivity index is 1.73. The van der Waals surface area contributed by atoms with Crippen LogP contribution in [0.2, 0.25) is 5.02 Å². The minimum atomic E-state index is -0.427. The Morgan fingerprint density at radius 1 is 1.05 bits per heavy atom. The van der Waals surface area contributed by atoms with Crippen LogP contribution in [0.5, 0.6) is 5.75 Å². The molecule has 0 saturated heterocycles. The molecule has 0 amide bonds. The predicted octanol–water partition coefficient (Wildman–Crippen LogP) is 4.36. The van der Waals surface area contributed by atoms with Crippen LogP contribution in [0.3, 0.4) is 0 Å². The Kier molecular flexibility index (Phi) is 5.04. The van der Waals surface area contributed by atoms with E-state index in [2.05, 4.69) is 5.32 Å². The quantitative estimate of drug-likeness (QED) is 0.793. The summed E-state index contributed by atoms with van der Waals surface area (Å²) in [5, 5.41) is 3.56. The number of benzene rings is 2. The SMILES string of the molecule is Fc1cccc(Cl)c1OCCCNc1ccccc1. The van der Waals surface area contributed by atoms with Crippen LogP contribution < -0.4 is 10.1 Å². The fourth-order valence-electron chi connectivity index (χ4n) is 1.66. The molecule has 0 aromatic heterocycles. The van der Waals surface area contributed by atoms with Gasteiger partial charge in [-0.25, -0.2) is 4.39 Å². The van der Waals surface area contributed by atoms with Crippen molar-refractivity contribution >= 4 is 17.3 Å². The molecule has 2 aromatic rings. The zero-order valence-electron chi connectivity index (χ0n) is 10.4. The third-order valence-electron chi connectivity index (χ3n) is 2.59. The van der Waals surface area contributed by atoms with E-state index in [1.54, 1.807) is 12.1 Å². The van der Waals surface area contributed by atoms with E-state index in [1.165, 1.54) is 6.07 Å². The Bertz CT molecular complexity index is 499. The van der Waals surface area contributed by atoms with Gasteiger partial charge in [0, 0.05) is 12.2 Å². The first kappa shape index (κ1) is 13.7. The largest absolute Gasteiger partial charge is 0.489 e. The van der Waals surface area contributed by atoms with Crippen molar-refractivity contribution in [2.45, 2.75) is 6.42 Å². The van der Waals surface area contributed by atoms with E-state index in [0.29, 0.717) is 11.6 Å². The Labute approximate surface area is 117 Å². The molecule has 0 atom stereocenters. The van der Waals surface area contributed by atoms with Gasteiger partial charge < -0.3 is 10.1 Å². The second kappa shape index (κ2) is 7.00. The van der Waals surface area contributed by atoms with Gasteiger partial charge in [-0.15, -0.1) is 0 Å². The predicted molar refractivity (Wildman–Crippen MR) is 76.5 cm³/mol. The summed E-state index contributed by atoms with van der Waals surface area (Å²) in [6.07, 6.45) is 0.763. The van der Waals surface area contributed by atoms with E-state index in [0.717, 1.165) is 18.7 Å². The maximum absolute atomic E-state index is 13.4. The van der Waals surface area contributed by atoms with E-state index < -0.39 is 5.82 Å². The molecule has 0 fully saturated rings. The van der Waals surface area contributed by atoms with Gasteiger partial charge >= 0.3 is 0 Å². The summed E-state index contributed by atoms with van der Waals surface area (Å²) in [6.45, 7) is 1.18. The van der Waals surface area contributed by atoms with Crippen molar-refractivity contribution in [3.05, 3.63) is 59.4 Å². The lowest BCUT2D eigenvalue weighted by Crippen LogP contribution is -2.08. The Hall–Kier alpha value is -1.74. The van der Waals surface area contributed by atoms with E-state index in [9.17, 15) is 4.39 Å². The van der Waals surface area contributed by atoms with Crippen molar-refractivity contribution in [3.8, 4) is 5.75 Å². The molecule has 4 heteroatoms. The van der Waals surface area contributed by atoms with Gasteiger partial charge in [0.05, 0.1) is 11.6 Å². The third kappa shape index (κ3) is 4.14. The first-order valence-corrected chi connectivity index (χ1v) is 6.51. The zero-order valence-corrected chi connectivity index (χ0v) is 11.2. The zero-order chi connectivity index (χ0) is 13.5. The van der Waals surface area contributed by atoms with Crippen molar-refractivity contribution in [2.24, 2.45) is 0 Å². The topological polar surface area (TPSA) is 21.3 Å². The summed E-state index contributed by atoms with van der Waals surface area (Å²) in [7, 11) is 0. The number of para-hydroxylation sites is 2. The highest BCUT2D eigenvalue weighted by Crippen LogP contribution is 2.27. The highest BCUT2D eigenvalue weighted by molar-refractivity contribution is 6.32. The molecule has 0 aliphatic carbocycles. The van der Waals surface area contributed by atoms with Crippen molar-refractivity contribution in [3.63, 3.8) is 0 Å². The van der Waals surface area contributed by atoms with Crippen LogP contribution in [0.15, 0.2) is 48.5 Å². The molecule has 2 aromatic carbocycles. The number of anilines is 1. The van der Waals surface area contributed by atoms with Gasteiger partial charge in [-0.1, -0.05) is 35.9 Å². The Morgan fingerprint density at radius 3 is 2.58 bits per heavy atom. The molecule has 0 heterocycles. The molecule has 0 saturated carbocycles. The van der Waals surface area contributed by atoms with Gasteiger partial charge in [-0.3, -0.25) is 0 Å². The molecule has 19 heavy (non-hydrogen) atoms. The summed E-state index contributed by atoms with van der Waals surface area (Å²) in [5.74, 6) is -0.299. The molecule has 0 radical (unpaired) electrons. The van der Waals surface area contributed by atoms with Crippen LogP contribution in [0.1, 0.15) is 6.42 Å². The van der Waals surface area contributed by atoms with Gasteiger partial charge in [-0.05, 0) is 30.7 Å². The molecule has 2 rings (SSSR count). The number of nitrogens with one attached hydrogen (secondary N) is 1. The van der Waals surface area contributed by atoms with E-state index in [1.807, 2.05) is 30.3 Å². The fraction of sp³-hybridized carbons (Fsp3) is 0.200. The third-order valence-corrected chi connectivity index (χ3v) is 2.89. The number of rotatable bonds is 6. The average molecular weight is 280 g/mol. The molecule has 2 nitrogen and oxygen atoms in total. The summed E-state index contributed by atoms with van der Waals surface area (Å²) in [4.78, 5) is 0. The lowest BCUT2D eigenvalue weighted by Gasteiger charge is -2.09. The molecular formula is C15H15ClFNO. The van der Waals surface area contributed by atoms with Crippen molar-refractivity contribution in [2.75, 3.05) is 18.5 Å². The lowest BCUT2D eigenvalue weighted by molar-refractivity contribution is 0.299. The van der Waals surface area contributed by atoms with Crippen LogP contribution in [0, 0.1) is 5.82 Å². The van der Waals surface area contributed by atoms with Crippen LogP contribution in [0.25, 0.3) is 0 Å². The first-order valence-electron chi connectivity index (χ1n) is 6.13. The van der Waals surface area contributed by atoms with Crippen LogP contribution >= 0.6 is 11.6 Å². The van der Waals surface area contributed by atoms with Crippen molar-refractivity contribution in [1.29, 1.82) is 0 Å².